The molecular formula is C14H9F3N2S. The van der Waals surface area contributed by atoms with Crippen molar-refractivity contribution in [3.8, 4) is 6.07 Å². The number of benzene rings is 2. The van der Waals surface area contributed by atoms with Crippen LogP contribution in [-0.4, -0.2) is 6.26 Å². The van der Waals surface area contributed by atoms with Crippen LogP contribution in [0.1, 0.15) is 5.56 Å². The lowest BCUT2D eigenvalue weighted by atomic mass is 10.1. The molecule has 0 unspecified atom stereocenters. The molecule has 102 valence electrons. The molecule has 0 bridgehead atoms. The maximum atomic E-state index is 13.6. The van der Waals surface area contributed by atoms with Gasteiger partial charge in [-0.15, -0.1) is 11.8 Å². The lowest BCUT2D eigenvalue weighted by Crippen LogP contribution is -2.01. The highest BCUT2D eigenvalue weighted by molar-refractivity contribution is 7.98. The standard InChI is InChI=1S/C14H9F3N2S/c1-20-13-4-2-3-12(9(13)7-18)19-14-10(16)5-8(15)6-11(14)17/h2-6,19H,1H3. The minimum Gasteiger partial charge on any atom is -0.350 e. The maximum absolute atomic E-state index is 13.6. The number of thioether (sulfide) groups is 1. The first-order chi connectivity index (χ1) is 9.56. The van der Waals surface area contributed by atoms with Gasteiger partial charge in [-0.1, -0.05) is 6.07 Å². The monoisotopic (exact) mass is 294 g/mol. The van der Waals surface area contributed by atoms with Gasteiger partial charge in [0.2, 0.25) is 0 Å². The van der Waals surface area contributed by atoms with Crippen molar-refractivity contribution in [2.75, 3.05) is 11.6 Å². The van der Waals surface area contributed by atoms with Crippen molar-refractivity contribution in [3.05, 3.63) is 53.3 Å². The fourth-order valence-electron chi connectivity index (χ4n) is 1.72. The number of nitriles is 1. The van der Waals surface area contributed by atoms with E-state index in [0.717, 1.165) is 0 Å². The smallest absolute Gasteiger partial charge is 0.152 e. The van der Waals surface area contributed by atoms with Gasteiger partial charge in [-0.05, 0) is 18.4 Å². The zero-order chi connectivity index (χ0) is 14.7. The lowest BCUT2D eigenvalue weighted by molar-refractivity contribution is 0.549. The summed E-state index contributed by atoms with van der Waals surface area (Å²) in [7, 11) is 0. The summed E-state index contributed by atoms with van der Waals surface area (Å²) in [6.45, 7) is 0. The van der Waals surface area contributed by atoms with Crippen molar-refractivity contribution in [2.45, 2.75) is 4.90 Å². The summed E-state index contributed by atoms with van der Waals surface area (Å²) in [5, 5.41) is 11.6. The van der Waals surface area contributed by atoms with Crippen molar-refractivity contribution < 1.29 is 13.2 Å². The molecule has 0 saturated carbocycles. The minimum atomic E-state index is -1.05. The summed E-state index contributed by atoms with van der Waals surface area (Å²) in [4.78, 5) is 0.681. The molecule has 0 saturated heterocycles. The van der Waals surface area contributed by atoms with Gasteiger partial charge < -0.3 is 5.32 Å². The Labute approximate surface area is 118 Å². The molecule has 0 atom stereocenters. The van der Waals surface area contributed by atoms with E-state index >= 15 is 0 Å². The van der Waals surface area contributed by atoms with Gasteiger partial charge >= 0.3 is 0 Å². The number of rotatable bonds is 3. The summed E-state index contributed by atoms with van der Waals surface area (Å²) in [5.74, 6) is -3.11. The van der Waals surface area contributed by atoms with Crippen molar-refractivity contribution in [1.29, 1.82) is 5.26 Å². The van der Waals surface area contributed by atoms with Crippen molar-refractivity contribution in [2.24, 2.45) is 0 Å². The van der Waals surface area contributed by atoms with Gasteiger partial charge in [-0.2, -0.15) is 5.26 Å². The molecule has 0 aliphatic carbocycles. The third-order valence-corrected chi connectivity index (χ3v) is 3.40. The Morgan fingerprint density at radius 3 is 2.35 bits per heavy atom. The highest BCUT2D eigenvalue weighted by Crippen LogP contribution is 2.30. The van der Waals surface area contributed by atoms with E-state index in [9.17, 15) is 13.2 Å². The second kappa shape index (κ2) is 5.88. The highest BCUT2D eigenvalue weighted by atomic mass is 32.2. The Hall–Kier alpha value is -2.13. The number of hydrogen-bond acceptors (Lipinski definition) is 3. The predicted octanol–water partition coefficient (Wildman–Crippen LogP) is 4.44. The number of anilines is 2. The van der Waals surface area contributed by atoms with Crippen LogP contribution in [0.2, 0.25) is 0 Å². The number of nitrogens with one attached hydrogen (secondary N) is 1. The lowest BCUT2D eigenvalue weighted by Gasteiger charge is -2.12. The van der Waals surface area contributed by atoms with Gasteiger partial charge in [-0.3, -0.25) is 0 Å². The van der Waals surface area contributed by atoms with E-state index in [1.54, 1.807) is 18.4 Å². The Balaban J connectivity index is 2.49. The predicted molar refractivity (Wildman–Crippen MR) is 72.5 cm³/mol. The van der Waals surface area contributed by atoms with Gasteiger partial charge in [-0.25, -0.2) is 13.2 Å². The summed E-state index contributed by atoms with van der Waals surface area (Å²) in [5.41, 5.74) is 0.0630. The van der Waals surface area contributed by atoms with Crippen molar-refractivity contribution in [1.82, 2.24) is 0 Å². The van der Waals surface area contributed by atoms with E-state index in [-0.39, 0.29) is 11.3 Å². The van der Waals surface area contributed by atoms with Crippen molar-refractivity contribution in [3.63, 3.8) is 0 Å². The van der Waals surface area contributed by atoms with Crippen LogP contribution in [0.4, 0.5) is 24.5 Å². The van der Waals surface area contributed by atoms with Crippen LogP contribution in [0, 0.1) is 28.8 Å². The van der Waals surface area contributed by atoms with Crippen LogP contribution < -0.4 is 5.32 Å². The normalized spacial score (nSPS) is 10.2. The fourth-order valence-corrected chi connectivity index (χ4v) is 2.29. The quantitative estimate of drug-likeness (QED) is 0.850. The Kier molecular flexibility index (Phi) is 4.20. The van der Waals surface area contributed by atoms with Crippen LogP contribution in [0.15, 0.2) is 35.2 Å². The molecule has 0 fully saturated rings. The first kappa shape index (κ1) is 14.3. The van der Waals surface area contributed by atoms with Crippen LogP contribution >= 0.6 is 11.8 Å². The molecule has 0 aliphatic heterocycles. The zero-order valence-corrected chi connectivity index (χ0v) is 11.2. The molecule has 0 aromatic heterocycles. The molecule has 2 nitrogen and oxygen atoms in total. The minimum absolute atomic E-state index is 0.267. The van der Waals surface area contributed by atoms with Gasteiger partial charge in [0.05, 0.1) is 11.3 Å². The van der Waals surface area contributed by atoms with E-state index in [1.807, 2.05) is 6.07 Å². The summed E-state index contributed by atoms with van der Waals surface area (Å²) in [6, 6.07) is 8.06. The largest absolute Gasteiger partial charge is 0.350 e. The van der Waals surface area contributed by atoms with E-state index in [1.165, 1.54) is 17.8 Å². The third kappa shape index (κ3) is 2.73. The fraction of sp³-hybridized carbons (Fsp3) is 0.0714. The molecule has 1 N–H and O–H groups in total. The van der Waals surface area contributed by atoms with E-state index in [2.05, 4.69) is 5.32 Å². The summed E-state index contributed by atoms with van der Waals surface area (Å²) < 4.78 is 40.0. The molecule has 0 amide bonds. The van der Waals surface area contributed by atoms with Crippen LogP contribution in [-0.2, 0) is 0 Å². The average molecular weight is 294 g/mol. The Morgan fingerprint density at radius 2 is 1.80 bits per heavy atom. The molecule has 20 heavy (non-hydrogen) atoms. The number of halogens is 3. The molecule has 0 heterocycles. The maximum Gasteiger partial charge on any atom is 0.152 e. The summed E-state index contributed by atoms with van der Waals surface area (Å²) in [6.07, 6.45) is 1.79. The number of hydrogen-bond donors (Lipinski definition) is 1. The van der Waals surface area contributed by atoms with E-state index in [4.69, 9.17) is 5.26 Å². The molecule has 6 heteroatoms. The van der Waals surface area contributed by atoms with Crippen LogP contribution in [0.25, 0.3) is 0 Å². The molecule has 0 spiro atoms. The highest BCUT2D eigenvalue weighted by Gasteiger charge is 2.14. The second-order valence-corrected chi connectivity index (χ2v) is 4.71. The Morgan fingerprint density at radius 1 is 1.15 bits per heavy atom. The van der Waals surface area contributed by atoms with Crippen LogP contribution in [0.5, 0.6) is 0 Å². The third-order valence-electron chi connectivity index (χ3n) is 2.62. The topological polar surface area (TPSA) is 35.8 Å². The molecule has 2 rings (SSSR count). The molecule has 0 aliphatic rings. The van der Waals surface area contributed by atoms with Gasteiger partial charge in [0.1, 0.15) is 17.6 Å². The first-order valence-corrected chi connectivity index (χ1v) is 6.78. The molecular weight excluding hydrogens is 285 g/mol. The average Bonchev–Trinajstić information content (AvgIpc) is 2.42. The second-order valence-electron chi connectivity index (χ2n) is 3.86. The molecule has 0 radical (unpaired) electrons. The first-order valence-electron chi connectivity index (χ1n) is 5.55. The van der Waals surface area contributed by atoms with Gasteiger partial charge in [0.15, 0.2) is 11.6 Å². The van der Waals surface area contributed by atoms with E-state index in [0.29, 0.717) is 17.0 Å². The van der Waals surface area contributed by atoms with Crippen LogP contribution in [0.3, 0.4) is 0 Å². The van der Waals surface area contributed by atoms with Gasteiger partial charge in [0, 0.05) is 17.0 Å². The summed E-state index contributed by atoms with van der Waals surface area (Å²) >= 11 is 1.35. The Bertz CT molecular complexity index is 672. The number of nitrogens with zero attached hydrogens (tertiary/aromatic N) is 1. The zero-order valence-electron chi connectivity index (χ0n) is 10.4. The SMILES string of the molecule is CSc1cccc(Nc2c(F)cc(F)cc2F)c1C#N. The van der Waals surface area contributed by atoms with E-state index < -0.39 is 23.1 Å². The van der Waals surface area contributed by atoms with Gasteiger partial charge in [0.25, 0.3) is 0 Å². The molecule has 2 aromatic carbocycles. The molecule has 2 aromatic rings. The van der Waals surface area contributed by atoms with Crippen molar-refractivity contribution >= 4 is 23.1 Å².